The molecule has 1 fully saturated rings. The standard InChI is InChI=1S/C21H25N3O3/c1-14-12-24(13-15(2)27-14)21(26)17-8-6-16(7-9-17)11-23-20(25)18-4-3-5-19(22)10-18/h3-10,14-15H,11-13,22H2,1-2H3,(H,23,25). The second-order valence-electron chi connectivity index (χ2n) is 6.97. The van der Waals surface area contributed by atoms with Crippen LogP contribution in [0, 0.1) is 0 Å². The molecule has 2 unspecified atom stereocenters. The molecule has 2 amide bonds. The minimum absolute atomic E-state index is 0.00680. The monoisotopic (exact) mass is 367 g/mol. The quantitative estimate of drug-likeness (QED) is 0.813. The Labute approximate surface area is 159 Å². The summed E-state index contributed by atoms with van der Waals surface area (Å²) in [5.41, 5.74) is 8.35. The summed E-state index contributed by atoms with van der Waals surface area (Å²) in [7, 11) is 0. The minimum atomic E-state index is -0.182. The molecule has 0 bridgehead atoms. The van der Waals surface area contributed by atoms with Crippen LogP contribution in [0.1, 0.15) is 40.1 Å². The Hall–Kier alpha value is -2.86. The molecule has 2 aromatic carbocycles. The molecule has 1 aliphatic rings. The number of benzene rings is 2. The van der Waals surface area contributed by atoms with Crippen LogP contribution in [0.3, 0.4) is 0 Å². The van der Waals surface area contributed by atoms with Gasteiger partial charge in [0.05, 0.1) is 12.2 Å². The second kappa shape index (κ2) is 8.22. The van der Waals surface area contributed by atoms with E-state index in [1.54, 1.807) is 36.4 Å². The van der Waals surface area contributed by atoms with Gasteiger partial charge in [0.1, 0.15) is 0 Å². The molecule has 0 aliphatic carbocycles. The first-order valence-corrected chi connectivity index (χ1v) is 9.10. The van der Waals surface area contributed by atoms with Crippen LogP contribution >= 0.6 is 0 Å². The highest BCUT2D eigenvalue weighted by Crippen LogP contribution is 2.15. The fourth-order valence-corrected chi connectivity index (χ4v) is 3.26. The maximum Gasteiger partial charge on any atom is 0.254 e. The first-order valence-electron chi connectivity index (χ1n) is 9.10. The van der Waals surface area contributed by atoms with Crippen LogP contribution in [-0.4, -0.2) is 42.0 Å². The second-order valence-corrected chi connectivity index (χ2v) is 6.97. The van der Waals surface area contributed by atoms with Crippen molar-refractivity contribution >= 4 is 17.5 Å². The summed E-state index contributed by atoms with van der Waals surface area (Å²) in [6, 6.07) is 14.2. The SMILES string of the molecule is CC1CN(C(=O)c2ccc(CNC(=O)c3cccc(N)c3)cc2)CC(C)O1. The van der Waals surface area contributed by atoms with E-state index in [0.717, 1.165) is 5.56 Å². The third-order valence-corrected chi connectivity index (χ3v) is 4.51. The summed E-state index contributed by atoms with van der Waals surface area (Å²) in [5.74, 6) is -0.175. The zero-order chi connectivity index (χ0) is 19.4. The molecule has 3 N–H and O–H groups in total. The van der Waals surface area contributed by atoms with Crippen molar-refractivity contribution in [1.82, 2.24) is 10.2 Å². The molecule has 3 rings (SSSR count). The van der Waals surface area contributed by atoms with E-state index in [9.17, 15) is 9.59 Å². The Balaban J connectivity index is 1.58. The number of nitrogens with two attached hydrogens (primary N) is 1. The number of nitrogens with one attached hydrogen (secondary N) is 1. The van der Waals surface area contributed by atoms with Gasteiger partial charge in [-0.15, -0.1) is 0 Å². The van der Waals surface area contributed by atoms with E-state index in [0.29, 0.717) is 36.4 Å². The molecule has 1 aliphatic heterocycles. The smallest absolute Gasteiger partial charge is 0.254 e. The number of anilines is 1. The van der Waals surface area contributed by atoms with E-state index in [4.69, 9.17) is 10.5 Å². The lowest BCUT2D eigenvalue weighted by molar-refractivity contribution is -0.0586. The number of hydrogen-bond donors (Lipinski definition) is 2. The number of nitrogen functional groups attached to an aromatic ring is 1. The van der Waals surface area contributed by atoms with E-state index in [-0.39, 0.29) is 24.0 Å². The summed E-state index contributed by atoms with van der Waals surface area (Å²) in [5, 5.41) is 2.86. The Morgan fingerprint density at radius 2 is 1.74 bits per heavy atom. The Morgan fingerprint density at radius 3 is 2.37 bits per heavy atom. The van der Waals surface area contributed by atoms with Crippen molar-refractivity contribution in [2.75, 3.05) is 18.8 Å². The van der Waals surface area contributed by atoms with Gasteiger partial charge in [0, 0.05) is 36.4 Å². The van der Waals surface area contributed by atoms with Gasteiger partial charge in [0.25, 0.3) is 11.8 Å². The number of morpholine rings is 1. The molecule has 0 aromatic heterocycles. The molecular formula is C21H25N3O3. The number of nitrogens with zero attached hydrogens (tertiary/aromatic N) is 1. The van der Waals surface area contributed by atoms with Gasteiger partial charge in [-0.3, -0.25) is 9.59 Å². The number of amides is 2. The minimum Gasteiger partial charge on any atom is -0.399 e. The summed E-state index contributed by atoms with van der Waals surface area (Å²) in [4.78, 5) is 26.7. The topological polar surface area (TPSA) is 84.7 Å². The van der Waals surface area contributed by atoms with Crippen molar-refractivity contribution in [2.24, 2.45) is 0 Å². The lowest BCUT2D eigenvalue weighted by Crippen LogP contribution is -2.48. The first-order chi connectivity index (χ1) is 12.9. The Kier molecular flexibility index (Phi) is 5.76. The van der Waals surface area contributed by atoms with E-state index in [1.165, 1.54) is 0 Å². The fraction of sp³-hybridized carbons (Fsp3) is 0.333. The third kappa shape index (κ3) is 4.86. The van der Waals surface area contributed by atoms with Crippen molar-refractivity contribution in [3.05, 3.63) is 65.2 Å². The molecular weight excluding hydrogens is 342 g/mol. The summed E-state index contributed by atoms with van der Waals surface area (Å²) in [6.45, 7) is 5.53. The average molecular weight is 367 g/mol. The van der Waals surface area contributed by atoms with Crippen LogP contribution in [-0.2, 0) is 11.3 Å². The first kappa shape index (κ1) is 18.9. The van der Waals surface area contributed by atoms with Crippen LogP contribution in [0.4, 0.5) is 5.69 Å². The van der Waals surface area contributed by atoms with Gasteiger partial charge in [0.15, 0.2) is 0 Å². The van der Waals surface area contributed by atoms with Crippen molar-refractivity contribution in [1.29, 1.82) is 0 Å². The van der Waals surface area contributed by atoms with Crippen LogP contribution in [0.2, 0.25) is 0 Å². The van der Waals surface area contributed by atoms with E-state index in [1.807, 2.05) is 30.9 Å². The number of carbonyl (C=O) groups is 2. The molecule has 6 heteroatoms. The van der Waals surface area contributed by atoms with Gasteiger partial charge in [-0.1, -0.05) is 18.2 Å². The maximum absolute atomic E-state index is 12.7. The zero-order valence-electron chi connectivity index (χ0n) is 15.6. The van der Waals surface area contributed by atoms with Crippen molar-refractivity contribution in [2.45, 2.75) is 32.6 Å². The van der Waals surface area contributed by atoms with Gasteiger partial charge < -0.3 is 20.7 Å². The molecule has 27 heavy (non-hydrogen) atoms. The van der Waals surface area contributed by atoms with Crippen LogP contribution < -0.4 is 11.1 Å². The number of carbonyl (C=O) groups excluding carboxylic acids is 2. The normalized spacial score (nSPS) is 19.6. The molecule has 6 nitrogen and oxygen atoms in total. The predicted octanol–water partition coefficient (Wildman–Crippen LogP) is 2.45. The Morgan fingerprint density at radius 1 is 1.07 bits per heavy atom. The summed E-state index contributed by atoms with van der Waals surface area (Å²) >= 11 is 0. The van der Waals surface area contributed by atoms with Crippen LogP contribution in [0.25, 0.3) is 0 Å². The molecule has 1 saturated heterocycles. The fourth-order valence-electron chi connectivity index (χ4n) is 3.26. The van der Waals surface area contributed by atoms with Gasteiger partial charge in [-0.05, 0) is 49.7 Å². The van der Waals surface area contributed by atoms with E-state index >= 15 is 0 Å². The molecule has 0 spiro atoms. The third-order valence-electron chi connectivity index (χ3n) is 4.51. The van der Waals surface area contributed by atoms with Crippen molar-refractivity contribution < 1.29 is 14.3 Å². The highest BCUT2D eigenvalue weighted by atomic mass is 16.5. The lowest BCUT2D eigenvalue weighted by Gasteiger charge is -2.35. The summed E-state index contributed by atoms with van der Waals surface area (Å²) < 4.78 is 5.68. The van der Waals surface area contributed by atoms with E-state index < -0.39 is 0 Å². The molecule has 0 saturated carbocycles. The van der Waals surface area contributed by atoms with Crippen molar-refractivity contribution in [3.63, 3.8) is 0 Å². The van der Waals surface area contributed by atoms with Gasteiger partial charge >= 0.3 is 0 Å². The zero-order valence-corrected chi connectivity index (χ0v) is 15.6. The van der Waals surface area contributed by atoms with Crippen LogP contribution in [0.15, 0.2) is 48.5 Å². The number of rotatable bonds is 4. The van der Waals surface area contributed by atoms with Crippen molar-refractivity contribution in [3.8, 4) is 0 Å². The highest BCUT2D eigenvalue weighted by Gasteiger charge is 2.26. The van der Waals surface area contributed by atoms with Gasteiger partial charge in [0.2, 0.25) is 0 Å². The molecule has 0 radical (unpaired) electrons. The predicted molar refractivity (Wildman–Crippen MR) is 104 cm³/mol. The largest absolute Gasteiger partial charge is 0.399 e. The molecule has 2 atom stereocenters. The molecule has 1 heterocycles. The van der Waals surface area contributed by atoms with E-state index in [2.05, 4.69) is 5.32 Å². The summed E-state index contributed by atoms with van der Waals surface area (Å²) in [6.07, 6.45) is 0.0819. The van der Waals surface area contributed by atoms with Crippen LogP contribution in [0.5, 0.6) is 0 Å². The lowest BCUT2D eigenvalue weighted by atomic mass is 10.1. The molecule has 142 valence electrons. The number of ether oxygens (including phenoxy) is 1. The average Bonchev–Trinajstić information content (AvgIpc) is 2.65. The highest BCUT2D eigenvalue weighted by molar-refractivity contribution is 5.95. The van der Waals surface area contributed by atoms with Gasteiger partial charge in [-0.2, -0.15) is 0 Å². The Bertz CT molecular complexity index is 810. The van der Waals surface area contributed by atoms with Gasteiger partial charge in [-0.25, -0.2) is 0 Å². The molecule has 2 aromatic rings. The number of hydrogen-bond acceptors (Lipinski definition) is 4. The maximum atomic E-state index is 12.7.